The molecule has 32 heavy (non-hydrogen) atoms. The molecule has 0 fully saturated rings. The molecule has 0 bridgehead atoms. The van der Waals surface area contributed by atoms with E-state index in [1.807, 2.05) is 66.7 Å². The van der Waals surface area contributed by atoms with Gasteiger partial charge < -0.3 is 15.0 Å². The summed E-state index contributed by atoms with van der Waals surface area (Å²) < 4.78 is 5.20. The standard InChI is InChI=1S/C26H27ClN2O3/c1-28-26(31)24(16-19-6-4-3-5-7-19)29(18-21-8-12-22(27)13-9-21)25(30)17-20-10-14-23(32-2)15-11-20/h3-15,24H,16-18H2,1-2H3,(H,28,31)/t24-/m0/s1. The largest absolute Gasteiger partial charge is 0.497 e. The second-order valence-corrected chi connectivity index (χ2v) is 7.93. The molecule has 0 aliphatic heterocycles. The molecule has 2 amide bonds. The number of hydrogen-bond donors (Lipinski definition) is 1. The van der Waals surface area contributed by atoms with Gasteiger partial charge in [0.1, 0.15) is 11.8 Å². The summed E-state index contributed by atoms with van der Waals surface area (Å²) in [5, 5.41) is 3.35. The van der Waals surface area contributed by atoms with Crippen LogP contribution in [-0.4, -0.2) is 36.9 Å². The summed E-state index contributed by atoms with van der Waals surface area (Å²) in [6.45, 7) is 0.303. The Bertz CT molecular complexity index is 1020. The maximum atomic E-state index is 13.5. The molecule has 3 aromatic carbocycles. The number of halogens is 1. The normalized spacial score (nSPS) is 11.5. The van der Waals surface area contributed by atoms with Crippen molar-refractivity contribution < 1.29 is 14.3 Å². The minimum atomic E-state index is -0.649. The van der Waals surface area contributed by atoms with Gasteiger partial charge in [0, 0.05) is 25.0 Å². The lowest BCUT2D eigenvalue weighted by molar-refractivity contribution is -0.140. The van der Waals surface area contributed by atoms with Crippen LogP contribution in [0.4, 0.5) is 0 Å². The molecule has 0 saturated heterocycles. The van der Waals surface area contributed by atoms with Crippen LogP contribution in [0.25, 0.3) is 0 Å². The van der Waals surface area contributed by atoms with Crippen molar-refractivity contribution in [2.24, 2.45) is 0 Å². The van der Waals surface area contributed by atoms with Crippen molar-refractivity contribution in [3.8, 4) is 5.75 Å². The third kappa shape index (κ3) is 6.34. The maximum Gasteiger partial charge on any atom is 0.242 e. The summed E-state index contributed by atoms with van der Waals surface area (Å²) in [6.07, 6.45) is 0.600. The predicted molar refractivity (Wildman–Crippen MR) is 127 cm³/mol. The number of carbonyl (C=O) groups is 2. The van der Waals surface area contributed by atoms with E-state index in [1.165, 1.54) is 0 Å². The van der Waals surface area contributed by atoms with Crippen molar-refractivity contribution in [3.63, 3.8) is 0 Å². The highest BCUT2D eigenvalue weighted by molar-refractivity contribution is 6.30. The molecule has 1 N–H and O–H groups in total. The van der Waals surface area contributed by atoms with Crippen molar-refractivity contribution in [1.29, 1.82) is 0 Å². The van der Waals surface area contributed by atoms with Crippen LogP contribution in [0.3, 0.4) is 0 Å². The zero-order chi connectivity index (χ0) is 22.9. The van der Waals surface area contributed by atoms with E-state index >= 15 is 0 Å². The van der Waals surface area contributed by atoms with E-state index < -0.39 is 6.04 Å². The van der Waals surface area contributed by atoms with E-state index in [-0.39, 0.29) is 18.2 Å². The lowest BCUT2D eigenvalue weighted by Gasteiger charge is -2.31. The van der Waals surface area contributed by atoms with Crippen molar-refractivity contribution >= 4 is 23.4 Å². The Labute approximate surface area is 194 Å². The number of rotatable bonds is 9. The monoisotopic (exact) mass is 450 g/mol. The number of likely N-dealkylation sites (N-methyl/N-ethyl adjacent to an activating group) is 1. The average molecular weight is 451 g/mol. The van der Waals surface area contributed by atoms with Gasteiger partial charge in [-0.3, -0.25) is 9.59 Å². The van der Waals surface area contributed by atoms with Crippen LogP contribution in [0.1, 0.15) is 16.7 Å². The Kier molecular flexibility index (Phi) is 8.28. The molecule has 0 heterocycles. The molecule has 0 unspecified atom stereocenters. The summed E-state index contributed by atoms with van der Waals surface area (Å²) in [7, 11) is 3.19. The molecule has 0 aromatic heterocycles. The number of hydrogen-bond acceptors (Lipinski definition) is 3. The van der Waals surface area contributed by atoms with Crippen molar-refractivity contribution in [2.45, 2.75) is 25.4 Å². The summed E-state index contributed by atoms with van der Waals surface area (Å²) in [4.78, 5) is 28.0. The van der Waals surface area contributed by atoms with E-state index in [9.17, 15) is 9.59 Å². The molecule has 3 rings (SSSR count). The lowest BCUT2D eigenvalue weighted by atomic mass is 10.0. The van der Waals surface area contributed by atoms with E-state index in [4.69, 9.17) is 16.3 Å². The number of nitrogens with one attached hydrogen (secondary N) is 1. The van der Waals surface area contributed by atoms with Crippen LogP contribution in [-0.2, 0) is 29.0 Å². The zero-order valence-electron chi connectivity index (χ0n) is 18.3. The predicted octanol–water partition coefficient (Wildman–Crippen LogP) is 4.28. The minimum absolute atomic E-state index is 0.130. The summed E-state index contributed by atoms with van der Waals surface area (Å²) in [5.74, 6) is 0.395. The second-order valence-electron chi connectivity index (χ2n) is 7.49. The smallest absolute Gasteiger partial charge is 0.242 e. The summed E-state index contributed by atoms with van der Waals surface area (Å²) in [6, 6.07) is 23.8. The highest BCUT2D eigenvalue weighted by Gasteiger charge is 2.29. The van der Waals surface area contributed by atoms with Gasteiger partial charge in [-0.1, -0.05) is 66.2 Å². The quantitative estimate of drug-likeness (QED) is 0.529. The number of methoxy groups -OCH3 is 1. The lowest BCUT2D eigenvalue weighted by Crippen LogP contribution is -2.50. The Hall–Kier alpha value is -3.31. The van der Waals surface area contributed by atoms with Gasteiger partial charge in [-0.15, -0.1) is 0 Å². The Morgan fingerprint density at radius 3 is 2.12 bits per heavy atom. The first-order valence-electron chi connectivity index (χ1n) is 10.4. The fraction of sp³-hybridized carbons (Fsp3) is 0.231. The van der Waals surface area contributed by atoms with Crippen LogP contribution in [0, 0.1) is 0 Å². The van der Waals surface area contributed by atoms with Gasteiger partial charge in [0.05, 0.1) is 13.5 Å². The van der Waals surface area contributed by atoms with Gasteiger partial charge in [0.15, 0.2) is 0 Å². The molecule has 0 saturated carbocycles. The van der Waals surface area contributed by atoms with E-state index in [1.54, 1.807) is 31.2 Å². The molecular formula is C26H27ClN2O3. The van der Waals surface area contributed by atoms with Crippen LogP contribution in [0.5, 0.6) is 5.75 Å². The van der Waals surface area contributed by atoms with E-state index in [2.05, 4.69) is 5.32 Å². The van der Waals surface area contributed by atoms with Crippen LogP contribution < -0.4 is 10.1 Å². The Morgan fingerprint density at radius 1 is 0.906 bits per heavy atom. The first-order chi connectivity index (χ1) is 15.5. The van der Waals surface area contributed by atoms with Crippen molar-refractivity contribution in [1.82, 2.24) is 10.2 Å². The van der Waals surface area contributed by atoms with Gasteiger partial charge in [0.25, 0.3) is 0 Å². The molecule has 5 nitrogen and oxygen atoms in total. The molecular weight excluding hydrogens is 424 g/mol. The number of carbonyl (C=O) groups excluding carboxylic acids is 2. The van der Waals surface area contributed by atoms with E-state index in [0.29, 0.717) is 18.0 Å². The average Bonchev–Trinajstić information content (AvgIpc) is 2.83. The highest BCUT2D eigenvalue weighted by Crippen LogP contribution is 2.19. The molecule has 1 atom stereocenters. The first kappa shape index (κ1) is 23.4. The van der Waals surface area contributed by atoms with Gasteiger partial charge in [-0.2, -0.15) is 0 Å². The number of nitrogens with zero attached hydrogens (tertiary/aromatic N) is 1. The first-order valence-corrected chi connectivity index (χ1v) is 10.8. The molecule has 6 heteroatoms. The molecule has 0 radical (unpaired) electrons. The third-order valence-electron chi connectivity index (χ3n) is 5.30. The molecule has 166 valence electrons. The molecule has 0 aliphatic rings. The molecule has 3 aromatic rings. The second kappa shape index (κ2) is 11.3. The van der Waals surface area contributed by atoms with Crippen LogP contribution in [0.2, 0.25) is 5.02 Å². The van der Waals surface area contributed by atoms with Gasteiger partial charge in [0.2, 0.25) is 11.8 Å². The van der Waals surface area contributed by atoms with Gasteiger partial charge >= 0.3 is 0 Å². The fourth-order valence-corrected chi connectivity index (χ4v) is 3.65. The summed E-state index contributed by atoms with van der Waals surface area (Å²) in [5.41, 5.74) is 2.74. The fourth-order valence-electron chi connectivity index (χ4n) is 3.53. The van der Waals surface area contributed by atoms with Gasteiger partial charge in [-0.25, -0.2) is 0 Å². The number of amides is 2. The topological polar surface area (TPSA) is 58.6 Å². The number of ether oxygens (including phenoxy) is 1. The molecule has 0 spiro atoms. The minimum Gasteiger partial charge on any atom is -0.497 e. The number of benzene rings is 3. The highest BCUT2D eigenvalue weighted by atomic mass is 35.5. The van der Waals surface area contributed by atoms with Crippen LogP contribution >= 0.6 is 11.6 Å². The van der Waals surface area contributed by atoms with E-state index in [0.717, 1.165) is 22.4 Å². The van der Waals surface area contributed by atoms with Crippen molar-refractivity contribution in [2.75, 3.05) is 14.2 Å². The Morgan fingerprint density at radius 2 is 1.53 bits per heavy atom. The SMILES string of the molecule is CNC(=O)[C@H](Cc1ccccc1)N(Cc1ccc(Cl)cc1)C(=O)Cc1ccc(OC)cc1. The van der Waals surface area contributed by atoms with Crippen LogP contribution in [0.15, 0.2) is 78.9 Å². The van der Waals surface area contributed by atoms with Gasteiger partial charge in [-0.05, 0) is 41.0 Å². The third-order valence-corrected chi connectivity index (χ3v) is 5.55. The maximum absolute atomic E-state index is 13.5. The zero-order valence-corrected chi connectivity index (χ0v) is 19.0. The van der Waals surface area contributed by atoms with Crippen molar-refractivity contribution in [3.05, 3.63) is 101 Å². The summed E-state index contributed by atoms with van der Waals surface area (Å²) >= 11 is 6.03. The Balaban J connectivity index is 1.91. The molecule has 0 aliphatic carbocycles.